The molecule has 0 fully saturated rings. The Kier molecular flexibility index (Phi) is 2.74. The van der Waals surface area contributed by atoms with Crippen LogP contribution in [0, 0.1) is 0 Å². The Morgan fingerprint density at radius 2 is 1.92 bits per heavy atom. The van der Waals surface area contributed by atoms with Crippen molar-refractivity contribution >= 4 is 11.6 Å². The molecule has 4 nitrogen and oxygen atoms in total. The Labute approximate surface area is 77.3 Å². The molecular weight excluding hydrogens is 166 g/mol. The number of aliphatic imine (C=N–C) groups is 1. The molecule has 0 aliphatic rings. The Morgan fingerprint density at radius 1 is 1.38 bits per heavy atom. The van der Waals surface area contributed by atoms with E-state index in [0.717, 1.165) is 5.69 Å². The molecule has 3 N–H and O–H groups in total. The summed E-state index contributed by atoms with van der Waals surface area (Å²) in [5.74, 6) is 0.676. The van der Waals surface area contributed by atoms with E-state index in [2.05, 4.69) is 4.99 Å². The third-order valence-electron chi connectivity index (χ3n) is 1.81. The first-order valence-electron chi connectivity index (χ1n) is 3.90. The highest BCUT2D eigenvalue weighted by atomic mass is 16.3. The highest BCUT2D eigenvalue weighted by Crippen LogP contribution is 2.16. The quantitative estimate of drug-likeness (QED) is 0.494. The summed E-state index contributed by atoms with van der Waals surface area (Å²) in [7, 11) is 3.45. The number of guanidine groups is 1. The van der Waals surface area contributed by atoms with Crippen molar-refractivity contribution in [3.63, 3.8) is 0 Å². The van der Waals surface area contributed by atoms with Gasteiger partial charge in [0.05, 0.1) is 0 Å². The van der Waals surface area contributed by atoms with Gasteiger partial charge in [0, 0.05) is 19.8 Å². The smallest absolute Gasteiger partial charge is 0.195 e. The molecule has 0 heterocycles. The predicted molar refractivity (Wildman–Crippen MR) is 54.1 cm³/mol. The molecule has 0 bridgehead atoms. The Morgan fingerprint density at radius 3 is 2.38 bits per heavy atom. The first-order chi connectivity index (χ1) is 6.15. The number of aromatic hydroxyl groups is 1. The second-order valence-corrected chi connectivity index (χ2v) is 2.66. The van der Waals surface area contributed by atoms with E-state index in [-0.39, 0.29) is 5.75 Å². The highest BCUT2D eigenvalue weighted by molar-refractivity contribution is 5.94. The molecule has 0 aliphatic carbocycles. The zero-order chi connectivity index (χ0) is 9.84. The minimum Gasteiger partial charge on any atom is -0.508 e. The van der Waals surface area contributed by atoms with Crippen LogP contribution in [0.4, 0.5) is 5.69 Å². The lowest BCUT2D eigenvalue weighted by Crippen LogP contribution is -2.33. The van der Waals surface area contributed by atoms with Gasteiger partial charge in [-0.1, -0.05) is 0 Å². The van der Waals surface area contributed by atoms with Crippen molar-refractivity contribution in [2.75, 3.05) is 19.0 Å². The second-order valence-electron chi connectivity index (χ2n) is 2.66. The van der Waals surface area contributed by atoms with Crippen LogP contribution < -0.4 is 10.6 Å². The molecule has 70 valence electrons. The lowest BCUT2D eigenvalue weighted by Gasteiger charge is -2.17. The molecule has 0 radical (unpaired) electrons. The van der Waals surface area contributed by atoms with Gasteiger partial charge in [0.15, 0.2) is 5.96 Å². The summed E-state index contributed by atoms with van der Waals surface area (Å²) in [5, 5.41) is 9.05. The molecule has 13 heavy (non-hydrogen) atoms. The number of benzene rings is 1. The normalized spacial score (nSPS) is 11.4. The topological polar surface area (TPSA) is 61.8 Å². The number of nitrogens with two attached hydrogens (primary N) is 1. The predicted octanol–water partition coefficient (Wildman–Crippen LogP) is 0.773. The lowest BCUT2D eigenvalue weighted by molar-refractivity contribution is 0.475. The molecule has 0 unspecified atom stereocenters. The minimum absolute atomic E-state index is 0.240. The van der Waals surface area contributed by atoms with E-state index in [4.69, 9.17) is 10.8 Å². The number of nitrogens with zero attached hydrogens (tertiary/aromatic N) is 2. The average Bonchev–Trinajstić information content (AvgIpc) is 2.17. The third-order valence-corrected chi connectivity index (χ3v) is 1.81. The fourth-order valence-corrected chi connectivity index (χ4v) is 0.959. The number of rotatable bonds is 1. The van der Waals surface area contributed by atoms with Gasteiger partial charge >= 0.3 is 0 Å². The van der Waals surface area contributed by atoms with E-state index in [1.165, 1.54) is 0 Å². The van der Waals surface area contributed by atoms with Gasteiger partial charge in [0.25, 0.3) is 0 Å². The van der Waals surface area contributed by atoms with E-state index in [0.29, 0.717) is 5.96 Å². The minimum atomic E-state index is 0.240. The molecule has 0 aromatic heterocycles. The summed E-state index contributed by atoms with van der Waals surface area (Å²) >= 11 is 0. The Balaban J connectivity index is 2.89. The van der Waals surface area contributed by atoms with Crippen molar-refractivity contribution in [3.8, 4) is 5.75 Å². The summed E-state index contributed by atoms with van der Waals surface area (Å²) in [4.78, 5) is 5.58. The van der Waals surface area contributed by atoms with Gasteiger partial charge in [-0.25, -0.2) is 0 Å². The van der Waals surface area contributed by atoms with Gasteiger partial charge in [0.2, 0.25) is 0 Å². The average molecular weight is 179 g/mol. The molecule has 1 rings (SSSR count). The van der Waals surface area contributed by atoms with Crippen LogP contribution in [-0.2, 0) is 0 Å². The largest absolute Gasteiger partial charge is 0.508 e. The van der Waals surface area contributed by atoms with Crippen molar-refractivity contribution in [2.45, 2.75) is 0 Å². The second kappa shape index (κ2) is 3.80. The molecule has 0 saturated carbocycles. The van der Waals surface area contributed by atoms with E-state index in [1.807, 2.05) is 7.05 Å². The maximum absolute atomic E-state index is 9.05. The van der Waals surface area contributed by atoms with Gasteiger partial charge < -0.3 is 15.7 Å². The highest BCUT2D eigenvalue weighted by Gasteiger charge is 2.02. The molecule has 0 atom stereocenters. The summed E-state index contributed by atoms with van der Waals surface area (Å²) in [6, 6.07) is 6.75. The van der Waals surface area contributed by atoms with Crippen LogP contribution in [0.25, 0.3) is 0 Å². The van der Waals surface area contributed by atoms with Crippen molar-refractivity contribution in [3.05, 3.63) is 24.3 Å². The van der Waals surface area contributed by atoms with E-state index >= 15 is 0 Å². The first kappa shape index (κ1) is 9.38. The Bertz CT molecular complexity index is 305. The van der Waals surface area contributed by atoms with E-state index in [9.17, 15) is 0 Å². The number of hydrogen-bond acceptors (Lipinski definition) is 2. The molecule has 4 heteroatoms. The van der Waals surface area contributed by atoms with Gasteiger partial charge in [-0.3, -0.25) is 4.99 Å². The zero-order valence-electron chi connectivity index (χ0n) is 7.73. The number of phenolic OH excluding ortho intramolecular Hbond substituents is 1. The molecule has 0 spiro atoms. The summed E-state index contributed by atoms with van der Waals surface area (Å²) in [5.41, 5.74) is 6.49. The van der Waals surface area contributed by atoms with Gasteiger partial charge in [-0.2, -0.15) is 0 Å². The van der Waals surface area contributed by atoms with Crippen LogP contribution in [0.2, 0.25) is 0 Å². The fraction of sp³-hybridized carbons (Fsp3) is 0.222. The fourth-order valence-electron chi connectivity index (χ4n) is 0.959. The standard InChI is InChI=1S/C9H13N3O/c1-11-9(10)12(2)7-3-5-8(13)6-4-7/h3-6,13H,1-2H3,(H2,10,11). The van der Waals surface area contributed by atoms with Crippen LogP contribution in [0.3, 0.4) is 0 Å². The molecule has 0 aliphatic heterocycles. The van der Waals surface area contributed by atoms with Gasteiger partial charge in [0.1, 0.15) is 5.75 Å². The van der Waals surface area contributed by atoms with Crippen molar-refractivity contribution in [1.82, 2.24) is 0 Å². The SMILES string of the molecule is CN=C(N)N(C)c1ccc(O)cc1. The van der Waals surface area contributed by atoms with Crippen LogP contribution in [0.1, 0.15) is 0 Å². The number of phenols is 1. The third kappa shape index (κ3) is 2.11. The molecule has 1 aromatic carbocycles. The number of anilines is 1. The maximum Gasteiger partial charge on any atom is 0.195 e. The van der Waals surface area contributed by atoms with Crippen LogP contribution in [0.15, 0.2) is 29.3 Å². The monoisotopic (exact) mass is 179 g/mol. The maximum atomic E-state index is 9.05. The van der Waals surface area contributed by atoms with E-state index < -0.39 is 0 Å². The summed E-state index contributed by atoms with van der Waals surface area (Å²) in [6.07, 6.45) is 0. The summed E-state index contributed by atoms with van der Waals surface area (Å²) in [6.45, 7) is 0. The van der Waals surface area contributed by atoms with Gasteiger partial charge in [-0.05, 0) is 24.3 Å². The van der Waals surface area contributed by atoms with Crippen molar-refractivity contribution in [1.29, 1.82) is 0 Å². The molecule has 0 saturated heterocycles. The lowest BCUT2D eigenvalue weighted by atomic mass is 10.3. The zero-order valence-corrected chi connectivity index (χ0v) is 7.73. The molecule has 0 amide bonds. The van der Waals surface area contributed by atoms with E-state index in [1.54, 1.807) is 36.2 Å². The number of hydrogen-bond donors (Lipinski definition) is 2. The molecule has 1 aromatic rings. The first-order valence-corrected chi connectivity index (χ1v) is 3.90. The summed E-state index contributed by atoms with van der Waals surface area (Å²) < 4.78 is 0. The van der Waals surface area contributed by atoms with Crippen LogP contribution in [-0.4, -0.2) is 25.2 Å². The Hall–Kier alpha value is -1.71. The van der Waals surface area contributed by atoms with Crippen LogP contribution >= 0.6 is 0 Å². The molecular formula is C9H13N3O. The van der Waals surface area contributed by atoms with Crippen molar-refractivity contribution in [2.24, 2.45) is 10.7 Å². The van der Waals surface area contributed by atoms with Crippen LogP contribution in [0.5, 0.6) is 5.75 Å². The van der Waals surface area contributed by atoms with Crippen molar-refractivity contribution < 1.29 is 5.11 Å². The van der Waals surface area contributed by atoms with Gasteiger partial charge in [-0.15, -0.1) is 0 Å².